The van der Waals surface area contributed by atoms with Gasteiger partial charge in [0.05, 0.1) is 13.2 Å². The molecule has 0 saturated heterocycles. The van der Waals surface area contributed by atoms with Gasteiger partial charge in [0.15, 0.2) is 5.96 Å². The number of nitrogens with zero attached hydrogens (tertiary/aromatic N) is 2. The highest BCUT2D eigenvalue weighted by atomic mass is 127. The van der Waals surface area contributed by atoms with Gasteiger partial charge in [-0.2, -0.15) is 0 Å². The number of benzene rings is 1. The van der Waals surface area contributed by atoms with Crippen molar-refractivity contribution in [2.75, 3.05) is 33.1 Å². The molecule has 6 heteroatoms. The van der Waals surface area contributed by atoms with E-state index in [0.717, 1.165) is 24.1 Å². The second-order valence-electron chi connectivity index (χ2n) is 6.05. The van der Waals surface area contributed by atoms with Gasteiger partial charge in [0, 0.05) is 24.4 Å². The molecule has 1 aromatic carbocycles. The number of methoxy groups -OCH3 is 1. The number of rotatable bonds is 9. The molecule has 0 aliphatic rings. The molecule has 0 aromatic heterocycles. The Bertz CT molecular complexity index is 490. The van der Waals surface area contributed by atoms with Crippen LogP contribution in [0.25, 0.3) is 0 Å². The second-order valence-corrected chi connectivity index (χ2v) is 6.05. The third kappa shape index (κ3) is 7.36. The molecule has 1 rings (SSSR count). The van der Waals surface area contributed by atoms with Gasteiger partial charge in [-0.25, -0.2) is 0 Å². The molecule has 138 valence electrons. The molecule has 1 aromatic rings. The number of halogens is 1. The fourth-order valence-corrected chi connectivity index (χ4v) is 2.86. The number of hydrogen-bond acceptors (Lipinski definition) is 3. The van der Waals surface area contributed by atoms with Gasteiger partial charge in [0.2, 0.25) is 0 Å². The van der Waals surface area contributed by atoms with Crippen LogP contribution in [0.3, 0.4) is 0 Å². The molecular formula is C18H33IN4O. The smallest absolute Gasteiger partial charge is 0.193 e. The first-order valence-electron chi connectivity index (χ1n) is 8.33. The van der Waals surface area contributed by atoms with Crippen LogP contribution in [0, 0.1) is 5.92 Å². The Morgan fingerprint density at radius 1 is 1.25 bits per heavy atom. The molecule has 5 nitrogen and oxygen atoms in total. The first kappa shape index (κ1) is 23.1. The molecule has 0 bridgehead atoms. The normalized spacial score (nSPS) is 13.0. The SMILES string of the molecule is CCC(CC)C(CN=C(N)Nc1ccccc1COC)N(C)C.I. The van der Waals surface area contributed by atoms with Gasteiger partial charge in [-0.05, 0) is 26.1 Å². The molecule has 0 heterocycles. The quantitative estimate of drug-likeness (QED) is 0.345. The lowest BCUT2D eigenvalue weighted by Crippen LogP contribution is -2.38. The minimum Gasteiger partial charge on any atom is -0.380 e. The minimum atomic E-state index is 0. The van der Waals surface area contributed by atoms with E-state index in [1.807, 2.05) is 24.3 Å². The van der Waals surface area contributed by atoms with Crippen molar-refractivity contribution in [1.82, 2.24) is 4.90 Å². The highest BCUT2D eigenvalue weighted by molar-refractivity contribution is 14.0. The molecule has 0 aliphatic heterocycles. The molecule has 24 heavy (non-hydrogen) atoms. The van der Waals surface area contributed by atoms with Gasteiger partial charge < -0.3 is 20.7 Å². The lowest BCUT2D eigenvalue weighted by Gasteiger charge is -2.30. The van der Waals surface area contributed by atoms with Crippen molar-refractivity contribution in [2.45, 2.75) is 39.3 Å². The predicted octanol–water partition coefficient (Wildman–Crippen LogP) is 3.54. The Hall–Kier alpha value is -0.860. The van der Waals surface area contributed by atoms with Crippen LogP contribution >= 0.6 is 24.0 Å². The standard InChI is InChI=1S/C18H32N4O.HI/c1-6-14(7-2)17(22(3)4)12-20-18(19)21-16-11-9-8-10-15(16)13-23-5;/h8-11,14,17H,6-7,12-13H2,1-5H3,(H3,19,20,21);1H. The van der Waals surface area contributed by atoms with Crippen LogP contribution in [0.15, 0.2) is 29.3 Å². The number of likely N-dealkylation sites (N-methyl/N-ethyl adjacent to an activating group) is 1. The Kier molecular flexibility index (Phi) is 12.0. The lowest BCUT2D eigenvalue weighted by molar-refractivity contribution is 0.185. The fraction of sp³-hybridized carbons (Fsp3) is 0.611. The summed E-state index contributed by atoms with van der Waals surface area (Å²) in [5, 5.41) is 3.19. The maximum Gasteiger partial charge on any atom is 0.193 e. The first-order valence-corrected chi connectivity index (χ1v) is 8.33. The van der Waals surface area contributed by atoms with Crippen molar-refractivity contribution >= 4 is 35.6 Å². The van der Waals surface area contributed by atoms with Gasteiger partial charge in [-0.1, -0.05) is 44.9 Å². The molecule has 1 atom stereocenters. The highest BCUT2D eigenvalue weighted by Gasteiger charge is 2.20. The third-order valence-corrected chi connectivity index (χ3v) is 4.28. The lowest BCUT2D eigenvalue weighted by atomic mass is 9.93. The molecule has 0 spiro atoms. The van der Waals surface area contributed by atoms with Crippen molar-refractivity contribution in [2.24, 2.45) is 16.6 Å². The van der Waals surface area contributed by atoms with Crippen molar-refractivity contribution < 1.29 is 4.74 Å². The number of guanidine groups is 1. The predicted molar refractivity (Wildman–Crippen MR) is 114 cm³/mol. The minimum absolute atomic E-state index is 0. The van der Waals surface area contributed by atoms with E-state index in [1.54, 1.807) is 7.11 Å². The summed E-state index contributed by atoms with van der Waals surface area (Å²) in [4.78, 5) is 6.80. The third-order valence-electron chi connectivity index (χ3n) is 4.28. The summed E-state index contributed by atoms with van der Waals surface area (Å²) >= 11 is 0. The van der Waals surface area contributed by atoms with Gasteiger partial charge >= 0.3 is 0 Å². The van der Waals surface area contributed by atoms with Crippen molar-refractivity contribution in [1.29, 1.82) is 0 Å². The number of ether oxygens (including phenoxy) is 1. The fourth-order valence-electron chi connectivity index (χ4n) is 2.86. The monoisotopic (exact) mass is 448 g/mol. The topological polar surface area (TPSA) is 62.9 Å². The van der Waals surface area contributed by atoms with Gasteiger partial charge in [-0.15, -0.1) is 24.0 Å². The molecule has 0 aliphatic carbocycles. The zero-order valence-corrected chi connectivity index (χ0v) is 17.9. The summed E-state index contributed by atoms with van der Waals surface area (Å²) in [6, 6.07) is 8.37. The van der Waals surface area contributed by atoms with Crippen molar-refractivity contribution in [3.63, 3.8) is 0 Å². The zero-order chi connectivity index (χ0) is 17.2. The van der Waals surface area contributed by atoms with Gasteiger partial charge in [0.1, 0.15) is 0 Å². The van der Waals surface area contributed by atoms with Crippen LogP contribution in [0.1, 0.15) is 32.3 Å². The van der Waals surface area contributed by atoms with E-state index in [2.05, 4.69) is 43.2 Å². The largest absolute Gasteiger partial charge is 0.380 e. The van der Waals surface area contributed by atoms with Crippen LogP contribution in [-0.4, -0.2) is 44.7 Å². The van der Waals surface area contributed by atoms with Crippen LogP contribution in [0.2, 0.25) is 0 Å². The van der Waals surface area contributed by atoms with Crippen LogP contribution in [-0.2, 0) is 11.3 Å². The van der Waals surface area contributed by atoms with Gasteiger partial charge in [0.25, 0.3) is 0 Å². The van der Waals surface area contributed by atoms with Crippen LogP contribution in [0.5, 0.6) is 0 Å². The summed E-state index contributed by atoms with van der Waals surface area (Å²) in [6.07, 6.45) is 2.30. The number of hydrogen-bond donors (Lipinski definition) is 2. The summed E-state index contributed by atoms with van der Waals surface area (Å²) in [5.74, 6) is 1.08. The van der Waals surface area contributed by atoms with Crippen molar-refractivity contribution in [3.8, 4) is 0 Å². The molecule has 3 N–H and O–H groups in total. The average molecular weight is 448 g/mol. The zero-order valence-electron chi connectivity index (χ0n) is 15.6. The molecule has 0 saturated carbocycles. The first-order chi connectivity index (χ1) is 11.0. The van der Waals surface area contributed by atoms with E-state index in [0.29, 0.717) is 31.1 Å². The van der Waals surface area contributed by atoms with E-state index in [1.165, 1.54) is 0 Å². The Labute approximate surface area is 164 Å². The molecule has 0 amide bonds. The Balaban J connectivity index is 0.00000529. The van der Waals surface area contributed by atoms with E-state index in [-0.39, 0.29) is 24.0 Å². The Morgan fingerprint density at radius 3 is 2.42 bits per heavy atom. The molecule has 0 radical (unpaired) electrons. The van der Waals surface area contributed by atoms with Crippen LogP contribution in [0.4, 0.5) is 5.69 Å². The number of para-hydroxylation sites is 1. The summed E-state index contributed by atoms with van der Waals surface area (Å²) in [6.45, 7) is 5.71. The van der Waals surface area contributed by atoms with Crippen LogP contribution < -0.4 is 11.1 Å². The summed E-state index contributed by atoms with van der Waals surface area (Å²) < 4.78 is 5.21. The number of anilines is 1. The summed E-state index contributed by atoms with van der Waals surface area (Å²) in [5.41, 5.74) is 8.09. The summed E-state index contributed by atoms with van der Waals surface area (Å²) in [7, 11) is 5.90. The van der Waals surface area contributed by atoms with E-state index in [4.69, 9.17) is 10.5 Å². The Morgan fingerprint density at radius 2 is 1.88 bits per heavy atom. The number of aliphatic imine (C=N–C) groups is 1. The van der Waals surface area contributed by atoms with Gasteiger partial charge in [-0.3, -0.25) is 4.99 Å². The number of nitrogens with two attached hydrogens (primary N) is 1. The maximum atomic E-state index is 6.08. The maximum absolute atomic E-state index is 6.08. The highest BCUT2D eigenvalue weighted by Crippen LogP contribution is 2.18. The average Bonchev–Trinajstić information content (AvgIpc) is 2.53. The van der Waals surface area contributed by atoms with Crippen molar-refractivity contribution in [3.05, 3.63) is 29.8 Å². The second kappa shape index (κ2) is 12.5. The molecular weight excluding hydrogens is 415 g/mol. The number of nitrogens with one attached hydrogen (secondary N) is 1. The molecule has 0 fully saturated rings. The molecule has 1 unspecified atom stereocenters. The van der Waals surface area contributed by atoms with E-state index >= 15 is 0 Å². The van der Waals surface area contributed by atoms with E-state index in [9.17, 15) is 0 Å². The van der Waals surface area contributed by atoms with E-state index < -0.39 is 0 Å².